The first-order valence-electron chi connectivity index (χ1n) is 13.9. The van der Waals surface area contributed by atoms with Gasteiger partial charge < -0.3 is 28.4 Å². The predicted octanol–water partition coefficient (Wildman–Crippen LogP) is 6.39. The molecule has 0 saturated carbocycles. The SMILES string of the molecule is COc1ccc(CCOc2c(OC)cccc2[C@@H]2CC(=O)Oc3ccc4c(c32)O/C(=C\c2ccccc2OC)C4=O)cc1. The molecule has 2 heterocycles. The number of methoxy groups -OCH3 is 3. The van der Waals surface area contributed by atoms with Crippen LogP contribution >= 0.6 is 0 Å². The molecule has 0 aliphatic carbocycles. The van der Waals surface area contributed by atoms with E-state index in [-0.39, 0.29) is 18.0 Å². The largest absolute Gasteiger partial charge is 0.497 e. The van der Waals surface area contributed by atoms with Gasteiger partial charge in [0.25, 0.3) is 0 Å². The second-order valence-electron chi connectivity index (χ2n) is 10.1. The van der Waals surface area contributed by atoms with E-state index in [9.17, 15) is 9.59 Å². The molecule has 0 spiro atoms. The highest BCUT2D eigenvalue weighted by Crippen LogP contribution is 2.51. The fraction of sp³-hybridized carbons (Fsp3) is 0.200. The summed E-state index contributed by atoms with van der Waals surface area (Å²) in [5.74, 6) is 2.18. The average Bonchev–Trinajstić information content (AvgIpc) is 3.35. The summed E-state index contributed by atoms with van der Waals surface area (Å²) in [6.45, 7) is 0.372. The zero-order chi connectivity index (χ0) is 29.9. The summed E-state index contributed by atoms with van der Waals surface area (Å²) in [5.41, 5.74) is 3.54. The van der Waals surface area contributed by atoms with Gasteiger partial charge in [-0.2, -0.15) is 0 Å². The topological polar surface area (TPSA) is 89.5 Å². The quantitative estimate of drug-likeness (QED) is 0.128. The van der Waals surface area contributed by atoms with Crippen molar-refractivity contribution in [1.29, 1.82) is 0 Å². The molecule has 43 heavy (non-hydrogen) atoms. The lowest BCUT2D eigenvalue weighted by molar-refractivity contribution is -0.135. The van der Waals surface area contributed by atoms with Crippen molar-refractivity contribution in [3.8, 4) is 34.5 Å². The lowest BCUT2D eigenvalue weighted by atomic mass is 9.84. The number of fused-ring (bicyclic) bond motifs is 3. The van der Waals surface area contributed by atoms with Crippen molar-refractivity contribution in [2.24, 2.45) is 0 Å². The number of rotatable bonds is 9. The Bertz CT molecular complexity index is 1720. The Morgan fingerprint density at radius 2 is 1.58 bits per heavy atom. The summed E-state index contributed by atoms with van der Waals surface area (Å²) >= 11 is 0. The molecule has 0 radical (unpaired) electrons. The maximum Gasteiger partial charge on any atom is 0.312 e. The molecular weight excluding hydrogens is 548 g/mol. The highest BCUT2D eigenvalue weighted by molar-refractivity contribution is 6.15. The monoisotopic (exact) mass is 578 g/mol. The summed E-state index contributed by atoms with van der Waals surface area (Å²) in [7, 11) is 4.78. The smallest absolute Gasteiger partial charge is 0.312 e. The van der Waals surface area contributed by atoms with E-state index in [0.717, 1.165) is 16.9 Å². The van der Waals surface area contributed by atoms with Crippen LogP contribution in [0.2, 0.25) is 0 Å². The number of ketones is 1. The Morgan fingerprint density at radius 3 is 2.35 bits per heavy atom. The summed E-state index contributed by atoms with van der Waals surface area (Å²) in [6.07, 6.45) is 2.35. The number of ether oxygens (including phenoxy) is 6. The van der Waals surface area contributed by atoms with Gasteiger partial charge in [-0.3, -0.25) is 9.59 Å². The van der Waals surface area contributed by atoms with Crippen LogP contribution < -0.4 is 28.4 Å². The number of carbonyl (C=O) groups is 2. The second-order valence-corrected chi connectivity index (χ2v) is 10.1. The number of carbonyl (C=O) groups excluding carboxylic acids is 2. The lowest BCUT2D eigenvalue weighted by Gasteiger charge is -2.28. The lowest BCUT2D eigenvalue weighted by Crippen LogP contribution is -2.22. The van der Waals surface area contributed by atoms with Crippen LogP contribution in [0, 0.1) is 0 Å². The van der Waals surface area contributed by atoms with E-state index in [4.69, 9.17) is 28.4 Å². The molecule has 0 N–H and O–H groups in total. The van der Waals surface area contributed by atoms with Crippen molar-refractivity contribution in [3.63, 3.8) is 0 Å². The molecule has 218 valence electrons. The van der Waals surface area contributed by atoms with Crippen molar-refractivity contribution >= 4 is 17.8 Å². The summed E-state index contributed by atoms with van der Waals surface area (Å²) in [5, 5.41) is 0. The highest BCUT2D eigenvalue weighted by atomic mass is 16.5. The van der Waals surface area contributed by atoms with Crippen LogP contribution in [0.1, 0.15) is 45.0 Å². The molecule has 4 aromatic carbocycles. The zero-order valence-corrected chi connectivity index (χ0v) is 24.0. The fourth-order valence-corrected chi connectivity index (χ4v) is 5.48. The minimum absolute atomic E-state index is 0.0363. The molecule has 0 fully saturated rings. The minimum atomic E-state index is -0.504. The molecule has 0 unspecified atom stereocenters. The number of allylic oxidation sites excluding steroid dienone is 1. The third kappa shape index (κ3) is 5.39. The van der Waals surface area contributed by atoms with E-state index < -0.39 is 11.9 Å². The average molecular weight is 579 g/mol. The number of esters is 1. The van der Waals surface area contributed by atoms with Gasteiger partial charge in [0.2, 0.25) is 5.78 Å². The number of Topliss-reactive ketones (excluding diaryl/α,β-unsaturated/α-hetero) is 1. The van der Waals surface area contributed by atoms with Crippen molar-refractivity contribution < 1.29 is 38.0 Å². The number of benzene rings is 4. The summed E-state index contributed by atoms with van der Waals surface area (Å²) in [6, 6.07) is 24.0. The first-order chi connectivity index (χ1) is 21.0. The van der Waals surface area contributed by atoms with E-state index >= 15 is 0 Å². The van der Waals surface area contributed by atoms with Crippen molar-refractivity contribution in [1.82, 2.24) is 0 Å². The minimum Gasteiger partial charge on any atom is -0.497 e. The highest BCUT2D eigenvalue weighted by Gasteiger charge is 2.40. The predicted molar refractivity (Wildman–Crippen MR) is 160 cm³/mol. The third-order valence-corrected chi connectivity index (χ3v) is 7.61. The number of hydrogen-bond acceptors (Lipinski definition) is 8. The van der Waals surface area contributed by atoms with Crippen molar-refractivity contribution in [2.45, 2.75) is 18.8 Å². The Balaban J connectivity index is 1.36. The molecule has 2 aliphatic rings. The fourth-order valence-electron chi connectivity index (χ4n) is 5.48. The molecule has 0 amide bonds. The van der Waals surface area contributed by atoms with Crippen LogP contribution in [-0.2, 0) is 11.2 Å². The van der Waals surface area contributed by atoms with Gasteiger partial charge in [0.15, 0.2) is 17.3 Å². The van der Waals surface area contributed by atoms with Crippen LogP contribution in [-0.4, -0.2) is 39.7 Å². The molecule has 8 heteroatoms. The van der Waals surface area contributed by atoms with Crippen molar-refractivity contribution in [3.05, 3.63) is 112 Å². The summed E-state index contributed by atoms with van der Waals surface area (Å²) in [4.78, 5) is 26.3. The number of para-hydroxylation sites is 2. The molecule has 0 saturated heterocycles. The standard InChI is InChI=1S/C35H30O8/c1-38-23-13-11-21(12-14-23)17-18-41-34-24(8-6-10-29(34)40-3)26-20-31(36)42-28-16-15-25-33(37)30(43-35(25)32(26)28)19-22-7-4-5-9-27(22)39-2/h4-16,19,26H,17-18,20H2,1-3H3/b30-19-/t26-/m0/s1. The second kappa shape index (κ2) is 11.9. The van der Waals surface area contributed by atoms with Crippen LogP contribution in [0.3, 0.4) is 0 Å². The molecule has 4 aromatic rings. The Labute approximate surface area is 249 Å². The number of hydrogen-bond donors (Lipinski definition) is 0. The van der Waals surface area contributed by atoms with Gasteiger partial charge in [-0.1, -0.05) is 42.5 Å². The van der Waals surface area contributed by atoms with Gasteiger partial charge in [0.05, 0.1) is 39.9 Å². The van der Waals surface area contributed by atoms with Crippen LogP contribution in [0.5, 0.6) is 34.5 Å². The first-order valence-corrected chi connectivity index (χ1v) is 13.9. The molecule has 0 aromatic heterocycles. The van der Waals surface area contributed by atoms with Crippen LogP contribution in [0.25, 0.3) is 6.08 Å². The van der Waals surface area contributed by atoms with E-state index in [2.05, 4.69) is 0 Å². The van der Waals surface area contributed by atoms with Crippen molar-refractivity contribution in [2.75, 3.05) is 27.9 Å². The van der Waals surface area contributed by atoms with E-state index in [1.54, 1.807) is 39.5 Å². The molecule has 6 rings (SSSR count). The van der Waals surface area contributed by atoms with Gasteiger partial charge in [-0.15, -0.1) is 0 Å². The van der Waals surface area contributed by atoms with Gasteiger partial charge in [0.1, 0.15) is 23.0 Å². The molecule has 8 nitrogen and oxygen atoms in total. The Hall–Kier alpha value is -5.24. The molecular formula is C35H30O8. The van der Waals surface area contributed by atoms with Gasteiger partial charge in [-0.05, 0) is 48.0 Å². The van der Waals surface area contributed by atoms with Gasteiger partial charge in [-0.25, -0.2) is 0 Å². The van der Waals surface area contributed by atoms with Crippen LogP contribution in [0.4, 0.5) is 0 Å². The van der Waals surface area contributed by atoms with Gasteiger partial charge in [0, 0.05) is 29.0 Å². The zero-order valence-electron chi connectivity index (χ0n) is 24.0. The first kappa shape index (κ1) is 27.9. The molecule has 0 bridgehead atoms. The maximum absolute atomic E-state index is 13.5. The summed E-state index contributed by atoms with van der Waals surface area (Å²) < 4.78 is 34.6. The van der Waals surface area contributed by atoms with E-state index in [1.165, 1.54) is 0 Å². The Kier molecular flexibility index (Phi) is 7.75. The van der Waals surface area contributed by atoms with E-state index in [1.807, 2.05) is 66.7 Å². The Morgan fingerprint density at radius 1 is 0.814 bits per heavy atom. The van der Waals surface area contributed by atoms with Gasteiger partial charge >= 0.3 is 5.97 Å². The third-order valence-electron chi connectivity index (χ3n) is 7.61. The normalized spacial score (nSPS) is 16.2. The molecule has 1 atom stereocenters. The van der Waals surface area contributed by atoms with E-state index in [0.29, 0.717) is 58.5 Å². The molecule has 2 aliphatic heterocycles. The van der Waals surface area contributed by atoms with Crippen LogP contribution in [0.15, 0.2) is 84.6 Å². The maximum atomic E-state index is 13.5.